The van der Waals surface area contributed by atoms with E-state index in [1.54, 1.807) is 18.7 Å². The van der Waals surface area contributed by atoms with Crippen molar-refractivity contribution in [2.45, 2.75) is 18.8 Å². The summed E-state index contributed by atoms with van der Waals surface area (Å²) in [7, 11) is 0. The summed E-state index contributed by atoms with van der Waals surface area (Å²) in [6, 6.07) is 11.6. The van der Waals surface area contributed by atoms with Gasteiger partial charge < -0.3 is 4.90 Å². The fourth-order valence-electron chi connectivity index (χ4n) is 3.39. The first kappa shape index (κ1) is 14.8. The fraction of sp³-hybridized carbons (Fsp3) is 0.263. The molecule has 0 saturated carbocycles. The molecule has 1 aromatic carbocycles. The van der Waals surface area contributed by atoms with E-state index in [1.165, 1.54) is 0 Å². The highest BCUT2D eigenvalue weighted by molar-refractivity contribution is 6.05. The zero-order valence-corrected chi connectivity index (χ0v) is 13.3. The SMILES string of the molecule is O=C(c1cccc2cccnc12)N1CCC[C@@H](c2ccncn2)C1. The second-order valence-electron chi connectivity index (χ2n) is 6.11. The van der Waals surface area contributed by atoms with Gasteiger partial charge in [-0.2, -0.15) is 0 Å². The molecule has 5 nitrogen and oxygen atoms in total. The monoisotopic (exact) mass is 318 g/mol. The summed E-state index contributed by atoms with van der Waals surface area (Å²) in [5.41, 5.74) is 2.46. The highest BCUT2D eigenvalue weighted by Crippen LogP contribution is 2.27. The van der Waals surface area contributed by atoms with Crippen LogP contribution >= 0.6 is 0 Å². The van der Waals surface area contributed by atoms with Crippen LogP contribution in [0.25, 0.3) is 10.9 Å². The number of nitrogens with zero attached hydrogens (tertiary/aromatic N) is 4. The Morgan fingerprint density at radius 3 is 2.88 bits per heavy atom. The number of amides is 1. The smallest absolute Gasteiger partial charge is 0.256 e. The summed E-state index contributed by atoms with van der Waals surface area (Å²) in [4.78, 5) is 27.7. The zero-order chi connectivity index (χ0) is 16.4. The molecular weight excluding hydrogens is 300 g/mol. The van der Waals surface area contributed by atoms with Crippen molar-refractivity contribution in [3.63, 3.8) is 0 Å². The lowest BCUT2D eigenvalue weighted by molar-refractivity contribution is 0.0707. The number of rotatable bonds is 2. The third-order valence-electron chi connectivity index (χ3n) is 4.59. The van der Waals surface area contributed by atoms with Gasteiger partial charge in [0.05, 0.1) is 11.1 Å². The van der Waals surface area contributed by atoms with E-state index in [2.05, 4.69) is 15.0 Å². The molecule has 1 fully saturated rings. The molecule has 0 aliphatic carbocycles. The van der Waals surface area contributed by atoms with Crippen molar-refractivity contribution in [1.29, 1.82) is 0 Å². The Morgan fingerprint density at radius 1 is 1.08 bits per heavy atom. The average Bonchev–Trinajstić information content (AvgIpc) is 2.68. The Labute approximate surface area is 140 Å². The predicted molar refractivity (Wildman–Crippen MR) is 91.7 cm³/mol. The second kappa shape index (κ2) is 6.35. The van der Waals surface area contributed by atoms with Crippen LogP contribution in [0.2, 0.25) is 0 Å². The van der Waals surface area contributed by atoms with Gasteiger partial charge in [0.25, 0.3) is 5.91 Å². The van der Waals surface area contributed by atoms with E-state index in [-0.39, 0.29) is 11.8 Å². The van der Waals surface area contributed by atoms with Crippen LogP contribution in [0, 0.1) is 0 Å². The standard InChI is InChI=1S/C19H18N4O/c24-19(16-7-1-4-14-5-2-9-21-18(14)16)23-11-3-6-15(12-23)17-8-10-20-13-22-17/h1-2,4-5,7-10,13,15H,3,6,11-12H2/t15-/m1/s1. The molecule has 0 unspecified atom stereocenters. The van der Waals surface area contributed by atoms with E-state index in [9.17, 15) is 4.79 Å². The Bertz CT molecular complexity index is 860. The number of pyridine rings is 1. The minimum Gasteiger partial charge on any atom is -0.338 e. The van der Waals surface area contributed by atoms with E-state index >= 15 is 0 Å². The summed E-state index contributed by atoms with van der Waals surface area (Å²) in [6.07, 6.45) is 7.11. The minimum absolute atomic E-state index is 0.0538. The maximum atomic E-state index is 13.0. The Balaban J connectivity index is 1.62. The van der Waals surface area contributed by atoms with E-state index in [4.69, 9.17) is 0 Å². The molecule has 5 heteroatoms. The first-order valence-electron chi connectivity index (χ1n) is 8.22. The molecule has 3 heterocycles. The van der Waals surface area contributed by atoms with Gasteiger partial charge in [0.1, 0.15) is 6.33 Å². The van der Waals surface area contributed by atoms with Gasteiger partial charge in [-0.25, -0.2) is 9.97 Å². The lowest BCUT2D eigenvalue weighted by Gasteiger charge is -2.32. The van der Waals surface area contributed by atoms with Gasteiger partial charge in [-0.1, -0.05) is 18.2 Å². The van der Waals surface area contributed by atoms with Crippen LogP contribution in [-0.2, 0) is 0 Å². The number of benzene rings is 1. The number of hydrogen-bond acceptors (Lipinski definition) is 4. The molecule has 120 valence electrons. The lowest BCUT2D eigenvalue weighted by atomic mass is 9.94. The van der Waals surface area contributed by atoms with Gasteiger partial charge >= 0.3 is 0 Å². The van der Waals surface area contributed by atoms with Crippen LogP contribution < -0.4 is 0 Å². The van der Waals surface area contributed by atoms with Crippen molar-refractivity contribution < 1.29 is 4.79 Å². The Morgan fingerprint density at radius 2 is 2.00 bits per heavy atom. The lowest BCUT2D eigenvalue weighted by Crippen LogP contribution is -2.39. The van der Waals surface area contributed by atoms with Crippen LogP contribution in [0.4, 0.5) is 0 Å². The van der Waals surface area contributed by atoms with E-state index in [0.717, 1.165) is 36.0 Å². The van der Waals surface area contributed by atoms with Crippen molar-refractivity contribution in [3.05, 3.63) is 66.4 Å². The Kier molecular flexibility index (Phi) is 3.91. The van der Waals surface area contributed by atoms with Gasteiger partial charge in [0.2, 0.25) is 0 Å². The molecule has 1 aliphatic rings. The summed E-state index contributed by atoms with van der Waals surface area (Å²) in [6.45, 7) is 1.47. The topological polar surface area (TPSA) is 59.0 Å². The number of fused-ring (bicyclic) bond motifs is 1. The largest absolute Gasteiger partial charge is 0.338 e. The molecule has 1 atom stereocenters. The first-order valence-corrected chi connectivity index (χ1v) is 8.22. The summed E-state index contributed by atoms with van der Waals surface area (Å²) in [5, 5.41) is 0.993. The number of likely N-dealkylation sites (tertiary alicyclic amines) is 1. The maximum absolute atomic E-state index is 13.0. The number of carbonyl (C=O) groups excluding carboxylic acids is 1. The van der Waals surface area contributed by atoms with E-state index < -0.39 is 0 Å². The molecule has 2 aromatic heterocycles. The normalized spacial score (nSPS) is 17.8. The van der Waals surface area contributed by atoms with Gasteiger partial charge in [-0.3, -0.25) is 9.78 Å². The van der Waals surface area contributed by atoms with Gasteiger partial charge in [0.15, 0.2) is 0 Å². The van der Waals surface area contributed by atoms with Gasteiger partial charge in [-0.15, -0.1) is 0 Å². The van der Waals surface area contributed by atoms with Crippen LogP contribution in [0.3, 0.4) is 0 Å². The van der Waals surface area contributed by atoms with Crippen LogP contribution in [0.1, 0.15) is 34.8 Å². The summed E-state index contributed by atoms with van der Waals surface area (Å²) < 4.78 is 0. The van der Waals surface area contributed by atoms with Crippen molar-refractivity contribution in [3.8, 4) is 0 Å². The second-order valence-corrected chi connectivity index (χ2v) is 6.11. The van der Waals surface area contributed by atoms with Gasteiger partial charge in [0, 0.05) is 42.5 Å². The van der Waals surface area contributed by atoms with Crippen LogP contribution in [-0.4, -0.2) is 38.8 Å². The van der Waals surface area contributed by atoms with Crippen molar-refractivity contribution in [2.24, 2.45) is 0 Å². The van der Waals surface area contributed by atoms with Gasteiger partial charge in [-0.05, 0) is 31.0 Å². The molecular formula is C19H18N4O. The molecule has 4 rings (SSSR count). The molecule has 1 saturated heterocycles. The highest BCUT2D eigenvalue weighted by Gasteiger charge is 2.27. The van der Waals surface area contributed by atoms with E-state index in [1.807, 2.05) is 41.3 Å². The van der Waals surface area contributed by atoms with Crippen molar-refractivity contribution in [1.82, 2.24) is 19.9 Å². The number of piperidine rings is 1. The minimum atomic E-state index is 0.0538. The zero-order valence-electron chi connectivity index (χ0n) is 13.3. The third-order valence-corrected chi connectivity index (χ3v) is 4.59. The molecule has 1 amide bonds. The van der Waals surface area contributed by atoms with Crippen LogP contribution in [0.5, 0.6) is 0 Å². The molecule has 1 aliphatic heterocycles. The molecule has 0 N–H and O–H groups in total. The quantitative estimate of drug-likeness (QED) is 0.728. The Hall–Kier alpha value is -2.82. The van der Waals surface area contributed by atoms with E-state index in [0.29, 0.717) is 12.1 Å². The summed E-state index contributed by atoms with van der Waals surface area (Å²) in [5.74, 6) is 0.326. The molecule has 24 heavy (non-hydrogen) atoms. The number of aromatic nitrogens is 3. The fourth-order valence-corrected chi connectivity index (χ4v) is 3.39. The summed E-state index contributed by atoms with van der Waals surface area (Å²) >= 11 is 0. The highest BCUT2D eigenvalue weighted by atomic mass is 16.2. The van der Waals surface area contributed by atoms with Crippen LogP contribution in [0.15, 0.2) is 55.1 Å². The van der Waals surface area contributed by atoms with Crippen molar-refractivity contribution >= 4 is 16.8 Å². The average molecular weight is 318 g/mol. The first-order chi connectivity index (χ1) is 11.8. The maximum Gasteiger partial charge on any atom is 0.256 e. The molecule has 0 radical (unpaired) electrons. The predicted octanol–water partition coefficient (Wildman–Crippen LogP) is 3.04. The molecule has 0 spiro atoms. The number of carbonyl (C=O) groups is 1. The third kappa shape index (κ3) is 2.73. The number of para-hydroxylation sites is 1. The number of hydrogen-bond donors (Lipinski definition) is 0. The van der Waals surface area contributed by atoms with Crippen molar-refractivity contribution in [2.75, 3.05) is 13.1 Å². The molecule has 0 bridgehead atoms. The molecule has 3 aromatic rings.